The SMILES string of the molecule is Cc1nc(C)n(C2CN(C(=O)CCc3cc(C)sc3C)C2)n1. The number of carbonyl (C=O) groups excluding carboxylic acids is 1. The van der Waals surface area contributed by atoms with E-state index in [1.807, 2.05) is 34.8 Å². The molecule has 0 unspecified atom stereocenters. The lowest BCUT2D eigenvalue weighted by atomic mass is 10.1. The number of hydrogen-bond acceptors (Lipinski definition) is 4. The van der Waals surface area contributed by atoms with Gasteiger partial charge in [0.2, 0.25) is 5.91 Å². The maximum absolute atomic E-state index is 12.3. The van der Waals surface area contributed by atoms with Crippen LogP contribution in [0.5, 0.6) is 0 Å². The van der Waals surface area contributed by atoms with E-state index < -0.39 is 0 Å². The van der Waals surface area contributed by atoms with Gasteiger partial charge in [-0.25, -0.2) is 9.67 Å². The van der Waals surface area contributed by atoms with E-state index >= 15 is 0 Å². The molecule has 1 saturated heterocycles. The third kappa shape index (κ3) is 2.92. The number of hydrogen-bond donors (Lipinski definition) is 0. The zero-order valence-electron chi connectivity index (χ0n) is 13.6. The first-order valence-corrected chi connectivity index (χ1v) is 8.49. The highest BCUT2D eigenvalue weighted by molar-refractivity contribution is 7.12. The Morgan fingerprint density at radius 2 is 2.05 bits per heavy atom. The summed E-state index contributed by atoms with van der Waals surface area (Å²) in [6.45, 7) is 9.62. The predicted octanol–water partition coefficient (Wildman–Crippen LogP) is 2.59. The number of rotatable bonds is 4. The van der Waals surface area contributed by atoms with Crippen LogP contribution in [0.3, 0.4) is 0 Å². The highest BCUT2D eigenvalue weighted by Gasteiger charge is 2.33. The minimum atomic E-state index is 0.244. The zero-order valence-corrected chi connectivity index (χ0v) is 14.4. The van der Waals surface area contributed by atoms with Crippen LogP contribution in [0.15, 0.2) is 6.07 Å². The molecule has 5 nitrogen and oxygen atoms in total. The molecule has 0 aliphatic carbocycles. The Morgan fingerprint density at radius 1 is 1.32 bits per heavy atom. The summed E-state index contributed by atoms with van der Waals surface area (Å²) >= 11 is 1.81. The Kier molecular flexibility index (Phi) is 4.04. The lowest BCUT2D eigenvalue weighted by Crippen LogP contribution is -2.51. The molecule has 3 heterocycles. The fraction of sp³-hybridized carbons (Fsp3) is 0.562. The van der Waals surface area contributed by atoms with E-state index in [9.17, 15) is 4.79 Å². The van der Waals surface area contributed by atoms with Crippen LogP contribution in [0.1, 0.15) is 39.4 Å². The van der Waals surface area contributed by atoms with E-state index in [2.05, 4.69) is 30.0 Å². The van der Waals surface area contributed by atoms with Gasteiger partial charge in [-0.3, -0.25) is 4.79 Å². The average molecular weight is 318 g/mol. The van der Waals surface area contributed by atoms with Crippen molar-refractivity contribution in [2.24, 2.45) is 0 Å². The molecule has 0 saturated carbocycles. The second-order valence-corrected chi connectivity index (χ2v) is 7.50. The Balaban J connectivity index is 1.51. The van der Waals surface area contributed by atoms with E-state index in [4.69, 9.17) is 0 Å². The van der Waals surface area contributed by atoms with Gasteiger partial charge in [0.15, 0.2) is 0 Å². The van der Waals surface area contributed by atoms with Gasteiger partial charge in [0.05, 0.1) is 6.04 Å². The third-order valence-corrected chi connectivity index (χ3v) is 5.23. The van der Waals surface area contributed by atoms with E-state index in [0.717, 1.165) is 31.2 Å². The van der Waals surface area contributed by atoms with Crippen LogP contribution >= 0.6 is 11.3 Å². The topological polar surface area (TPSA) is 51.0 Å². The standard InChI is InChI=1S/C16H22N4OS/c1-10-7-14(11(2)22-10)5-6-16(21)19-8-15(9-19)20-13(4)17-12(3)18-20/h7,15H,5-6,8-9H2,1-4H3. The van der Waals surface area contributed by atoms with Crippen LogP contribution in [0, 0.1) is 27.7 Å². The largest absolute Gasteiger partial charge is 0.338 e. The van der Waals surface area contributed by atoms with Gasteiger partial charge < -0.3 is 4.90 Å². The highest BCUT2D eigenvalue weighted by Crippen LogP contribution is 2.25. The molecule has 6 heteroatoms. The molecule has 22 heavy (non-hydrogen) atoms. The monoisotopic (exact) mass is 318 g/mol. The summed E-state index contributed by atoms with van der Waals surface area (Å²) in [6, 6.07) is 2.49. The van der Waals surface area contributed by atoms with Gasteiger partial charge in [-0.1, -0.05) is 0 Å². The number of nitrogens with zero attached hydrogens (tertiary/aromatic N) is 4. The minimum Gasteiger partial charge on any atom is -0.338 e. The Bertz CT molecular complexity index is 697. The van der Waals surface area contributed by atoms with Gasteiger partial charge in [-0.15, -0.1) is 11.3 Å². The van der Waals surface area contributed by atoms with Crippen molar-refractivity contribution in [1.29, 1.82) is 0 Å². The smallest absolute Gasteiger partial charge is 0.223 e. The molecule has 1 amide bonds. The highest BCUT2D eigenvalue weighted by atomic mass is 32.1. The van der Waals surface area contributed by atoms with Gasteiger partial charge in [-0.2, -0.15) is 5.10 Å². The first-order chi connectivity index (χ1) is 10.4. The molecule has 2 aromatic rings. The van der Waals surface area contributed by atoms with Crippen molar-refractivity contribution in [3.05, 3.63) is 33.0 Å². The van der Waals surface area contributed by atoms with Gasteiger partial charge in [-0.05, 0) is 45.7 Å². The predicted molar refractivity (Wildman–Crippen MR) is 87.2 cm³/mol. The quantitative estimate of drug-likeness (QED) is 0.870. The molecular formula is C16H22N4OS. The minimum absolute atomic E-state index is 0.244. The number of amides is 1. The molecule has 0 N–H and O–H groups in total. The van der Waals surface area contributed by atoms with Crippen molar-refractivity contribution in [1.82, 2.24) is 19.7 Å². The lowest BCUT2D eigenvalue weighted by Gasteiger charge is -2.39. The van der Waals surface area contributed by atoms with Crippen molar-refractivity contribution in [2.75, 3.05) is 13.1 Å². The summed E-state index contributed by atoms with van der Waals surface area (Å²) in [4.78, 5) is 21.2. The second-order valence-electron chi connectivity index (χ2n) is 6.04. The molecular weight excluding hydrogens is 296 g/mol. The van der Waals surface area contributed by atoms with Crippen LogP contribution in [-0.2, 0) is 11.2 Å². The van der Waals surface area contributed by atoms with Gasteiger partial charge in [0, 0.05) is 29.3 Å². The van der Waals surface area contributed by atoms with Crippen molar-refractivity contribution >= 4 is 17.2 Å². The van der Waals surface area contributed by atoms with Crippen LogP contribution < -0.4 is 0 Å². The number of aromatic nitrogens is 3. The van der Waals surface area contributed by atoms with Crippen LogP contribution in [0.25, 0.3) is 0 Å². The van der Waals surface area contributed by atoms with Gasteiger partial charge in [0.1, 0.15) is 11.6 Å². The summed E-state index contributed by atoms with van der Waals surface area (Å²) in [5.41, 5.74) is 1.32. The molecule has 0 spiro atoms. The summed E-state index contributed by atoms with van der Waals surface area (Å²) in [6.07, 6.45) is 1.44. The van der Waals surface area contributed by atoms with Gasteiger partial charge in [0.25, 0.3) is 0 Å². The maximum Gasteiger partial charge on any atom is 0.223 e. The molecule has 0 aromatic carbocycles. The molecule has 0 bridgehead atoms. The van der Waals surface area contributed by atoms with E-state index in [1.54, 1.807) is 0 Å². The van der Waals surface area contributed by atoms with Crippen LogP contribution in [0.4, 0.5) is 0 Å². The fourth-order valence-electron chi connectivity index (χ4n) is 3.03. The van der Waals surface area contributed by atoms with Crippen molar-refractivity contribution < 1.29 is 4.79 Å². The van der Waals surface area contributed by atoms with E-state index in [0.29, 0.717) is 6.42 Å². The number of carbonyl (C=O) groups is 1. The van der Waals surface area contributed by atoms with Crippen LogP contribution in [-0.4, -0.2) is 38.7 Å². The van der Waals surface area contributed by atoms with E-state index in [1.165, 1.54) is 15.3 Å². The molecule has 1 aliphatic rings. The molecule has 0 atom stereocenters. The number of likely N-dealkylation sites (tertiary alicyclic amines) is 1. The Hall–Kier alpha value is -1.69. The Labute approximate surface area is 135 Å². The molecule has 3 rings (SSSR count). The first-order valence-electron chi connectivity index (χ1n) is 7.67. The first kappa shape index (κ1) is 15.2. The third-order valence-electron chi connectivity index (χ3n) is 4.22. The summed E-state index contributed by atoms with van der Waals surface area (Å²) < 4.78 is 1.95. The van der Waals surface area contributed by atoms with Crippen molar-refractivity contribution in [3.63, 3.8) is 0 Å². The Morgan fingerprint density at radius 3 is 2.59 bits per heavy atom. The second kappa shape index (κ2) is 5.83. The van der Waals surface area contributed by atoms with E-state index in [-0.39, 0.29) is 11.9 Å². The average Bonchev–Trinajstić information content (AvgIpc) is 2.87. The van der Waals surface area contributed by atoms with Crippen molar-refractivity contribution in [2.45, 2.75) is 46.6 Å². The number of aryl methyl sites for hydroxylation is 5. The molecule has 0 radical (unpaired) electrons. The van der Waals surface area contributed by atoms with Crippen LogP contribution in [0.2, 0.25) is 0 Å². The summed E-state index contributed by atoms with van der Waals surface area (Å²) in [7, 11) is 0. The molecule has 2 aromatic heterocycles. The van der Waals surface area contributed by atoms with Gasteiger partial charge >= 0.3 is 0 Å². The van der Waals surface area contributed by atoms with Crippen molar-refractivity contribution in [3.8, 4) is 0 Å². The number of thiophene rings is 1. The molecule has 1 fully saturated rings. The molecule has 1 aliphatic heterocycles. The lowest BCUT2D eigenvalue weighted by molar-refractivity contribution is -0.137. The molecule has 118 valence electrons. The fourth-order valence-corrected chi connectivity index (χ4v) is 4.00. The summed E-state index contributed by atoms with van der Waals surface area (Å²) in [5.74, 6) is 1.97. The zero-order chi connectivity index (χ0) is 15.9. The normalized spacial score (nSPS) is 15.2. The summed E-state index contributed by atoms with van der Waals surface area (Å²) in [5, 5.41) is 4.40. The maximum atomic E-state index is 12.3.